The number of ether oxygens (including phenoxy) is 7. The summed E-state index contributed by atoms with van der Waals surface area (Å²) in [6.07, 6.45) is 19.7. The Morgan fingerprint density at radius 2 is 1.49 bits per heavy atom. The number of hydrogen-bond donors (Lipinski definition) is 2. The van der Waals surface area contributed by atoms with Crippen molar-refractivity contribution in [1.82, 2.24) is 44.5 Å². The molecule has 3 aliphatic heterocycles. The second kappa shape index (κ2) is 26.7. The number of benzene rings is 2. The number of aromatic nitrogens is 8. The van der Waals surface area contributed by atoms with Crippen LogP contribution in [0.2, 0.25) is 0 Å². The molecule has 5 fully saturated rings. The van der Waals surface area contributed by atoms with E-state index in [2.05, 4.69) is 79.7 Å². The topological polar surface area (TPSA) is 167 Å². The number of hydrogen-bond acceptors (Lipinski definition) is 14. The van der Waals surface area contributed by atoms with Crippen molar-refractivity contribution in [3.05, 3.63) is 87.7 Å². The van der Waals surface area contributed by atoms with Crippen LogP contribution in [0.4, 0.5) is 10.3 Å². The molecule has 2 aliphatic carbocycles. The van der Waals surface area contributed by atoms with Crippen molar-refractivity contribution in [2.75, 3.05) is 46.4 Å². The van der Waals surface area contributed by atoms with E-state index in [0.717, 1.165) is 118 Å². The summed E-state index contributed by atoms with van der Waals surface area (Å²) >= 11 is 6.98. The predicted molar refractivity (Wildman–Crippen MR) is 289 cm³/mol. The number of fused-ring (bicyclic) bond motifs is 3. The minimum absolute atomic E-state index is 0. The second-order valence-corrected chi connectivity index (χ2v) is 21.8. The summed E-state index contributed by atoms with van der Waals surface area (Å²) in [6, 6.07) is 9.11. The molecular weight excluding hydrogens is 1190 g/mol. The van der Waals surface area contributed by atoms with Gasteiger partial charge in [-0.1, -0.05) is 0 Å². The van der Waals surface area contributed by atoms with Crippen molar-refractivity contribution < 1.29 is 58.0 Å². The molecular formula is C54H74Br2FN10O7Pd-. The molecule has 7 heterocycles. The SMILES string of the molecule is COc1ccc(CNc2nc3cc(OC)c(F)cc3c3nc(C4CCC(C)NC4)nn23)c(OC)c1.Cc1c(Br)cnn1CC1(OC2CCCCO2)CCC1.Cc1cn(CC2(OC3CCCCO3)CCC2)nc1Br.[CH3-].[Pd]. The van der Waals surface area contributed by atoms with E-state index in [1.807, 2.05) is 33.8 Å². The van der Waals surface area contributed by atoms with Gasteiger partial charge in [0, 0.05) is 99.2 Å². The molecule has 0 radical (unpaired) electrons. The summed E-state index contributed by atoms with van der Waals surface area (Å²) in [5, 5.41) is 21.1. The number of piperidine rings is 1. The van der Waals surface area contributed by atoms with Crippen molar-refractivity contribution in [2.24, 2.45) is 0 Å². The molecule has 0 amide bonds. The maximum Gasteiger partial charge on any atom is 0.226 e. The zero-order valence-electron chi connectivity index (χ0n) is 44.4. The van der Waals surface area contributed by atoms with Crippen molar-refractivity contribution in [2.45, 2.75) is 166 Å². The molecule has 21 heteroatoms. The van der Waals surface area contributed by atoms with Crippen LogP contribution in [0.5, 0.6) is 17.2 Å². The van der Waals surface area contributed by atoms with Gasteiger partial charge in [0.15, 0.2) is 35.6 Å². The third-order valence-electron chi connectivity index (χ3n) is 14.9. The van der Waals surface area contributed by atoms with Crippen molar-refractivity contribution in [1.29, 1.82) is 0 Å². The minimum atomic E-state index is -0.468. The van der Waals surface area contributed by atoms with Gasteiger partial charge in [-0.15, -0.1) is 5.10 Å². The van der Waals surface area contributed by atoms with E-state index >= 15 is 0 Å². The summed E-state index contributed by atoms with van der Waals surface area (Å²) < 4.78 is 62.3. The first-order chi connectivity index (χ1) is 35.4. The standard InChI is InChI=1S/C25H29FN6O3.2C14H21BrN2O2.CH3.Pd/c1-14-5-6-16(13-27-14)23-30-24-18-10-19(26)22(35-4)11-20(18)29-25(32(24)31-23)28-12-15-7-8-17(33-2)9-21(15)34-3;1-11-12(15)9-16-17(11)10-14(6-4-7-14)19-13-5-2-3-8-18-13;1-11-9-17(16-13(11)15)10-14(6-4-7-14)19-12-5-2-3-8-18-12;;/h7-11,14,16,27H,5-6,12-13H2,1-4H3,(H,28,29);9,13H,2-8,10H2,1H3;9,12H,2-8,10H2,1H3;1H3;/q;;;-1;. The zero-order valence-corrected chi connectivity index (χ0v) is 49.1. The Balaban J connectivity index is 0.000000175. The molecule has 4 aromatic heterocycles. The van der Waals surface area contributed by atoms with Gasteiger partial charge in [-0.05, 0) is 161 Å². The number of nitrogens with one attached hydrogen (secondary N) is 2. The molecule has 4 unspecified atom stereocenters. The van der Waals surface area contributed by atoms with Crippen LogP contribution in [-0.4, -0.2) is 110 Å². The number of aryl methyl sites for hydroxylation is 1. The second-order valence-electron chi connectivity index (χ2n) is 20.2. The van der Waals surface area contributed by atoms with E-state index in [-0.39, 0.29) is 63.3 Å². The van der Waals surface area contributed by atoms with Crippen LogP contribution in [0, 0.1) is 27.1 Å². The van der Waals surface area contributed by atoms with Crippen molar-refractivity contribution in [3.8, 4) is 17.2 Å². The molecule has 17 nitrogen and oxygen atoms in total. The van der Waals surface area contributed by atoms with Crippen LogP contribution in [0.3, 0.4) is 0 Å². The predicted octanol–water partition coefficient (Wildman–Crippen LogP) is 11.2. The summed E-state index contributed by atoms with van der Waals surface area (Å²) in [6.45, 7) is 10.9. The number of methoxy groups -OCH3 is 3. The molecule has 0 bridgehead atoms. The molecule has 11 rings (SSSR count). The smallest absolute Gasteiger partial charge is 0.226 e. The molecule has 414 valence electrons. The van der Waals surface area contributed by atoms with Gasteiger partial charge < -0.3 is 51.2 Å². The van der Waals surface area contributed by atoms with Crippen LogP contribution >= 0.6 is 31.9 Å². The van der Waals surface area contributed by atoms with E-state index < -0.39 is 5.82 Å². The first-order valence-electron chi connectivity index (χ1n) is 25.9. The van der Waals surface area contributed by atoms with Gasteiger partial charge >= 0.3 is 0 Å². The van der Waals surface area contributed by atoms with Gasteiger partial charge in [0.1, 0.15) is 16.1 Å². The van der Waals surface area contributed by atoms with Gasteiger partial charge in [-0.2, -0.15) is 14.7 Å². The minimum Gasteiger partial charge on any atom is -0.497 e. The first kappa shape index (κ1) is 58.9. The number of nitrogens with zero attached hydrogens (tertiary/aromatic N) is 8. The summed E-state index contributed by atoms with van der Waals surface area (Å²) in [7, 11) is 4.67. The molecule has 2 aromatic carbocycles. The Kier molecular flexibility index (Phi) is 21.0. The van der Waals surface area contributed by atoms with Gasteiger partial charge in [-0.3, -0.25) is 9.36 Å². The molecule has 2 saturated carbocycles. The fourth-order valence-electron chi connectivity index (χ4n) is 10.1. The van der Waals surface area contributed by atoms with Crippen LogP contribution in [0.1, 0.15) is 125 Å². The molecule has 2 N–H and O–H groups in total. The Labute approximate surface area is 471 Å². The quantitative estimate of drug-likeness (QED) is 0.0736. The normalized spacial score (nSPS) is 21.7. The fraction of sp³-hybridized carbons (Fsp3) is 0.593. The van der Waals surface area contributed by atoms with Gasteiger partial charge in [0.2, 0.25) is 5.95 Å². The third kappa shape index (κ3) is 14.3. The zero-order chi connectivity index (χ0) is 51.1. The van der Waals surface area contributed by atoms with Gasteiger partial charge in [0.05, 0.1) is 61.8 Å². The largest absolute Gasteiger partial charge is 0.497 e. The van der Waals surface area contributed by atoms with Gasteiger partial charge in [-0.25, -0.2) is 14.4 Å². The maximum atomic E-state index is 14.6. The van der Waals surface area contributed by atoms with Crippen molar-refractivity contribution >= 4 is 54.4 Å². The van der Waals surface area contributed by atoms with Crippen LogP contribution in [-0.2, 0) is 59.0 Å². The molecule has 75 heavy (non-hydrogen) atoms. The Hall–Kier alpha value is -3.78. The van der Waals surface area contributed by atoms with E-state index in [9.17, 15) is 4.39 Å². The van der Waals surface area contributed by atoms with Crippen LogP contribution in [0.25, 0.3) is 16.6 Å². The maximum absolute atomic E-state index is 14.6. The molecule has 5 aliphatic rings. The molecule has 3 saturated heterocycles. The van der Waals surface area contributed by atoms with Crippen LogP contribution in [0.15, 0.2) is 51.8 Å². The number of anilines is 1. The third-order valence-corrected chi connectivity index (χ3v) is 16.5. The summed E-state index contributed by atoms with van der Waals surface area (Å²) in [5.74, 6) is 2.46. The monoisotopic (exact) mass is 1260 g/mol. The molecule has 0 spiro atoms. The average Bonchev–Trinajstić information content (AvgIpc) is 4.07. The average molecular weight is 1260 g/mol. The molecule has 6 aromatic rings. The number of rotatable bonds is 15. The van der Waals surface area contributed by atoms with Gasteiger partial charge in [0.25, 0.3) is 0 Å². The van der Waals surface area contributed by atoms with E-state index in [0.29, 0.717) is 46.6 Å². The summed E-state index contributed by atoms with van der Waals surface area (Å²) in [5.41, 5.74) is 4.26. The summed E-state index contributed by atoms with van der Waals surface area (Å²) in [4.78, 5) is 9.59. The Morgan fingerprint density at radius 1 is 0.813 bits per heavy atom. The van der Waals surface area contributed by atoms with Crippen molar-refractivity contribution in [3.63, 3.8) is 0 Å². The Bertz CT molecular complexity index is 2770. The van der Waals surface area contributed by atoms with E-state index in [1.54, 1.807) is 24.8 Å². The number of halogens is 3. The van der Waals surface area contributed by atoms with E-state index in [1.165, 1.54) is 50.1 Å². The van der Waals surface area contributed by atoms with E-state index in [4.69, 9.17) is 48.2 Å². The first-order valence-corrected chi connectivity index (χ1v) is 27.5. The fourth-order valence-corrected chi connectivity index (χ4v) is 10.7. The Morgan fingerprint density at radius 3 is 2.03 bits per heavy atom. The molecule has 4 atom stereocenters. The van der Waals surface area contributed by atoms with Crippen LogP contribution < -0.4 is 24.8 Å².